The van der Waals surface area contributed by atoms with E-state index in [1.54, 1.807) is 0 Å². The lowest BCUT2D eigenvalue weighted by Gasteiger charge is -2.19. The molecule has 124 valence electrons. The molecule has 0 bridgehead atoms. The van der Waals surface area contributed by atoms with Crippen molar-refractivity contribution in [3.63, 3.8) is 0 Å². The Hall–Kier alpha value is -0.740. The molecule has 1 aromatic carbocycles. The fourth-order valence-corrected chi connectivity index (χ4v) is 4.80. The monoisotopic (exact) mass is 348 g/mol. The summed E-state index contributed by atoms with van der Waals surface area (Å²) in [5.74, 6) is 0. The first-order valence-corrected chi connectivity index (χ1v) is 10.2. The van der Waals surface area contributed by atoms with Gasteiger partial charge in [0.05, 0.1) is 0 Å². The average Bonchev–Trinajstić information content (AvgIpc) is 2.31. The lowest BCUT2D eigenvalue weighted by Crippen LogP contribution is -2.09. The van der Waals surface area contributed by atoms with Crippen LogP contribution in [0.4, 0.5) is 0 Å². The molecule has 0 aliphatic rings. The van der Waals surface area contributed by atoms with Crippen molar-refractivity contribution in [3.8, 4) is 0 Å². The maximum Gasteiger partial charge on any atom is 0.340 e. The SMILES string of the molecule is CC(C)=Cc1cccc(CCCC(P(=O)(O)O)P(=O)(O)O)c1. The third kappa shape index (κ3) is 6.57. The molecule has 0 aliphatic heterocycles. The van der Waals surface area contributed by atoms with Crippen LogP contribution in [-0.2, 0) is 15.6 Å². The molecule has 22 heavy (non-hydrogen) atoms. The lowest BCUT2D eigenvalue weighted by atomic mass is 10.0. The molecule has 0 spiro atoms. The molecule has 0 heterocycles. The van der Waals surface area contributed by atoms with Gasteiger partial charge in [-0.2, -0.15) is 0 Å². The van der Waals surface area contributed by atoms with Gasteiger partial charge in [0.1, 0.15) is 0 Å². The van der Waals surface area contributed by atoms with E-state index in [0.29, 0.717) is 12.8 Å². The van der Waals surface area contributed by atoms with Gasteiger partial charge in [0.25, 0.3) is 0 Å². The number of hydrogen-bond acceptors (Lipinski definition) is 2. The molecule has 6 nitrogen and oxygen atoms in total. The van der Waals surface area contributed by atoms with Crippen LogP contribution in [0, 0.1) is 0 Å². The van der Waals surface area contributed by atoms with Crippen LogP contribution in [-0.4, -0.2) is 25.0 Å². The van der Waals surface area contributed by atoms with E-state index < -0.39 is 20.6 Å². The van der Waals surface area contributed by atoms with E-state index in [9.17, 15) is 9.13 Å². The molecule has 0 unspecified atom stereocenters. The van der Waals surface area contributed by atoms with Crippen molar-refractivity contribution in [2.75, 3.05) is 0 Å². The van der Waals surface area contributed by atoms with E-state index in [4.69, 9.17) is 19.6 Å². The highest BCUT2D eigenvalue weighted by Crippen LogP contribution is 2.61. The highest BCUT2D eigenvalue weighted by Gasteiger charge is 2.42. The molecule has 0 saturated carbocycles. The number of hydrogen-bond donors (Lipinski definition) is 4. The first-order valence-electron chi connectivity index (χ1n) is 6.84. The zero-order valence-electron chi connectivity index (χ0n) is 12.6. The highest BCUT2D eigenvalue weighted by molar-refractivity contribution is 7.70. The normalized spacial score (nSPS) is 12.5. The van der Waals surface area contributed by atoms with E-state index in [1.807, 2.05) is 44.2 Å². The summed E-state index contributed by atoms with van der Waals surface area (Å²) in [6, 6.07) is 7.67. The minimum atomic E-state index is -4.82. The first kappa shape index (κ1) is 19.3. The second kappa shape index (κ2) is 7.69. The van der Waals surface area contributed by atoms with Crippen molar-refractivity contribution in [3.05, 3.63) is 41.0 Å². The van der Waals surface area contributed by atoms with Gasteiger partial charge in [-0.25, -0.2) is 0 Å². The molecular weight excluding hydrogens is 326 g/mol. The van der Waals surface area contributed by atoms with Crippen molar-refractivity contribution in [2.24, 2.45) is 0 Å². The Kier molecular flexibility index (Phi) is 6.75. The van der Waals surface area contributed by atoms with Gasteiger partial charge in [-0.3, -0.25) is 9.13 Å². The summed E-state index contributed by atoms with van der Waals surface area (Å²) in [4.78, 5) is 36.3. The Balaban J connectivity index is 2.73. The third-order valence-electron chi connectivity index (χ3n) is 3.11. The Morgan fingerprint density at radius 2 is 1.73 bits per heavy atom. The fourth-order valence-electron chi connectivity index (χ4n) is 2.19. The van der Waals surface area contributed by atoms with Crippen LogP contribution in [0.25, 0.3) is 6.08 Å². The van der Waals surface area contributed by atoms with Crippen LogP contribution in [0.15, 0.2) is 29.8 Å². The predicted octanol–water partition coefficient (Wildman–Crippen LogP) is 3.11. The number of allylic oxidation sites excluding steroid dienone is 1. The quantitative estimate of drug-likeness (QED) is 0.563. The summed E-state index contributed by atoms with van der Waals surface area (Å²) in [6.45, 7) is 3.97. The van der Waals surface area contributed by atoms with Gasteiger partial charge in [-0.1, -0.05) is 35.9 Å². The minimum absolute atomic E-state index is 0.221. The molecule has 1 aromatic rings. The number of aryl methyl sites for hydroxylation is 1. The van der Waals surface area contributed by atoms with Crippen molar-refractivity contribution >= 4 is 21.3 Å². The number of benzene rings is 1. The maximum atomic E-state index is 11.2. The van der Waals surface area contributed by atoms with Crippen LogP contribution in [0.3, 0.4) is 0 Å². The molecule has 1 rings (SSSR count). The van der Waals surface area contributed by atoms with Gasteiger partial charge in [-0.15, -0.1) is 0 Å². The van der Waals surface area contributed by atoms with E-state index in [1.165, 1.54) is 0 Å². The Morgan fingerprint density at radius 3 is 2.23 bits per heavy atom. The molecule has 0 radical (unpaired) electrons. The highest BCUT2D eigenvalue weighted by atomic mass is 31.2. The van der Waals surface area contributed by atoms with Crippen LogP contribution in [0.1, 0.15) is 37.8 Å². The largest absolute Gasteiger partial charge is 0.340 e. The van der Waals surface area contributed by atoms with E-state index >= 15 is 0 Å². The molecule has 0 saturated heterocycles. The molecule has 0 aliphatic carbocycles. The zero-order valence-corrected chi connectivity index (χ0v) is 14.4. The Bertz CT molecular complexity index is 602. The molecular formula is C14H22O6P2. The molecule has 0 aromatic heterocycles. The number of rotatable bonds is 7. The minimum Gasteiger partial charge on any atom is -0.324 e. The van der Waals surface area contributed by atoms with Gasteiger partial charge < -0.3 is 19.6 Å². The third-order valence-corrected chi connectivity index (χ3v) is 6.99. The lowest BCUT2D eigenvalue weighted by molar-refractivity contribution is 0.334. The van der Waals surface area contributed by atoms with Crippen molar-refractivity contribution < 1.29 is 28.7 Å². The Morgan fingerprint density at radius 1 is 1.14 bits per heavy atom. The van der Waals surface area contributed by atoms with Gasteiger partial charge in [0.15, 0.2) is 5.40 Å². The zero-order chi connectivity index (χ0) is 17.0. The smallest absolute Gasteiger partial charge is 0.324 e. The first-order chi connectivity index (χ1) is 10.00. The second-order valence-electron chi connectivity index (χ2n) is 5.52. The maximum absolute atomic E-state index is 11.2. The summed E-state index contributed by atoms with van der Waals surface area (Å²) >= 11 is 0. The topological polar surface area (TPSA) is 115 Å². The van der Waals surface area contributed by atoms with Crippen LogP contribution < -0.4 is 0 Å². The Labute approximate surface area is 130 Å². The molecule has 8 heteroatoms. The summed E-state index contributed by atoms with van der Waals surface area (Å²) in [6.07, 6.45) is 2.58. The van der Waals surface area contributed by atoms with E-state index in [-0.39, 0.29) is 6.42 Å². The van der Waals surface area contributed by atoms with E-state index in [2.05, 4.69) is 0 Å². The summed E-state index contributed by atoms with van der Waals surface area (Å²) < 4.78 is 22.4. The van der Waals surface area contributed by atoms with Gasteiger partial charge >= 0.3 is 15.2 Å². The summed E-state index contributed by atoms with van der Waals surface area (Å²) in [7, 11) is -9.64. The molecule has 0 fully saturated rings. The van der Waals surface area contributed by atoms with Gasteiger partial charge in [-0.05, 0) is 44.2 Å². The standard InChI is InChI=1S/C14H22O6P2/c1-11(2)9-13-7-3-5-12(10-13)6-4-8-14(21(15,16)17)22(18,19)20/h3,5,7,9-10,14H,4,6,8H2,1-2H3,(H2,15,16,17)(H2,18,19,20). The van der Waals surface area contributed by atoms with E-state index in [0.717, 1.165) is 16.7 Å². The van der Waals surface area contributed by atoms with Gasteiger partial charge in [0.2, 0.25) is 0 Å². The summed E-state index contributed by atoms with van der Waals surface area (Å²) in [5, 5.41) is -1.92. The van der Waals surface area contributed by atoms with Crippen molar-refractivity contribution in [2.45, 2.75) is 38.5 Å². The van der Waals surface area contributed by atoms with Gasteiger partial charge in [0, 0.05) is 0 Å². The average molecular weight is 348 g/mol. The predicted molar refractivity (Wildman–Crippen MR) is 86.6 cm³/mol. The summed E-state index contributed by atoms with van der Waals surface area (Å²) in [5.41, 5.74) is 3.14. The van der Waals surface area contributed by atoms with Crippen molar-refractivity contribution in [1.29, 1.82) is 0 Å². The molecule has 0 atom stereocenters. The van der Waals surface area contributed by atoms with Crippen LogP contribution >= 0.6 is 15.2 Å². The molecule has 0 amide bonds. The van der Waals surface area contributed by atoms with Crippen LogP contribution in [0.2, 0.25) is 0 Å². The molecule has 4 N–H and O–H groups in total. The van der Waals surface area contributed by atoms with Crippen LogP contribution in [0.5, 0.6) is 0 Å². The van der Waals surface area contributed by atoms with Crippen molar-refractivity contribution in [1.82, 2.24) is 0 Å². The second-order valence-corrected chi connectivity index (χ2v) is 9.53. The fraction of sp³-hybridized carbons (Fsp3) is 0.429.